The third kappa shape index (κ3) is 6.95. The lowest BCUT2D eigenvalue weighted by atomic mass is 10.0. The van der Waals surface area contributed by atoms with E-state index in [4.69, 9.17) is 4.74 Å². The van der Waals surface area contributed by atoms with Crippen molar-refractivity contribution in [3.8, 4) is 0 Å². The highest BCUT2D eigenvalue weighted by molar-refractivity contribution is 9.11. The fourth-order valence-electron chi connectivity index (χ4n) is 2.13. The van der Waals surface area contributed by atoms with Gasteiger partial charge in [-0.1, -0.05) is 52.8 Å². The zero-order chi connectivity index (χ0) is 18.1. The first-order valence-electron chi connectivity index (χ1n) is 7.36. The maximum absolute atomic E-state index is 12.5. The standard InChI is InChI=1S/C17H21BrN2O4/c1-11(18)9-15(17(23)24-3)20-16(22)14(19-12(2)21)10-13-7-5-4-6-8-13/h4-8,14-15H,1,9-10H2,2-3H3,(H,19,21)(H,20,22)/t14-,15+/m0/s1. The molecular weight excluding hydrogens is 376 g/mol. The number of hydrogen-bond donors (Lipinski definition) is 2. The Labute approximate surface area is 149 Å². The van der Waals surface area contributed by atoms with Crippen LogP contribution in [0.4, 0.5) is 0 Å². The van der Waals surface area contributed by atoms with Crippen molar-refractivity contribution in [3.63, 3.8) is 0 Å². The van der Waals surface area contributed by atoms with Crippen LogP contribution in [0.2, 0.25) is 0 Å². The third-order valence-corrected chi connectivity index (χ3v) is 3.53. The van der Waals surface area contributed by atoms with Crippen molar-refractivity contribution in [2.24, 2.45) is 0 Å². The minimum atomic E-state index is -0.874. The highest BCUT2D eigenvalue weighted by Gasteiger charge is 2.27. The molecular formula is C17H21BrN2O4. The minimum Gasteiger partial charge on any atom is -0.467 e. The van der Waals surface area contributed by atoms with Crippen molar-refractivity contribution < 1.29 is 19.1 Å². The Morgan fingerprint density at radius 3 is 2.29 bits per heavy atom. The highest BCUT2D eigenvalue weighted by atomic mass is 79.9. The Kier molecular flexibility index (Phi) is 8.18. The number of ether oxygens (including phenoxy) is 1. The summed E-state index contributed by atoms with van der Waals surface area (Å²) in [6.45, 7) is 5.00. The van der Waals surface area contributed by atoms with Crippen molar-refractivity contribution in [2.45, 2.75) is 31.8 Å². The molecule has 0 bridgehead atoms. The monoisotopic (exact) mass is 396 g/mol. The van der Waals surface area contributed by atoms with Crippen LogP contribution in [0.1, 0.15) is 18.9 Å². The van der Waals surface area contributed by atoms with E-state index in [1.54, 1.807) is 0 Å². The quantitative estimate of drug-likeness (QED) is 0.654. The van der Waals surface area contributed by atoms with E-state index in [9.17, 15) is 14.4 Å². The normalized spacial score (nSPS) is 12.6. The molecule has 0 saturated heterocycles. The number of amides is 2. The molecule has 0 radical (unpaired) electrons. The van der Waals surface area contributed by atoms with Gasteiger partial charge in [0.15, 0.2) is 0 Å². The second kappa shape index (κ2) is 9.87. The number of rotatable bonds is 8. The Morgan fingerprint density at radius 1 is 1.17 bits per heavy atom. The van der Waals surface area contributed by atoms with Crippen molar-refractivity contribution in [1.29, 1.82) is 0 Å². The van der Waals surface area contributed by atoms with Gasteiger partial charge < -0.3 is 15.4 Å². The van der Waals surface area contributed by atoms with E-state index in [1.165, 1.54) is 14.0 Å². The summed E-state index contributed by atoms with van der Waals surface area (Å²) in [4.78, 5) is 35.7. The summed E-state index contributed by atoms with van der Waals surface area (Å²) in [5, 5.41) is 5.21. The molecule has 7 heteroatoms. The van der Waals surface area contributed by atoms with Gasteiger partial charge in [0.2, 0.25) is 11.8 Å². The second-order valence-corrected chi connectivity index (χ2v) is 6.37. The Morgan fingerprint density at radius 2 is 1.79 bits per heavy atom. The van der Waals surface area contributed by atoms with Crippen LogP contribution in [-0.2, 0) is 25.5 Å². The van der Waals surface area contributed by atoms with Crippen molar-refractivity contribution >= 4 is 33.7 Å². The molecule has 130 valence electrons. The van der Waals surface area contributed by atoms with Crippen LogP contribution in [0, 0.1) is 0 Å². The molecule has 1 rings (SSSR count). The molecule has 0 spiro atoms. The van der Waals surface area contributed by atoms with Gasteiger partial charge in [-0.2, -0.15) is 0 Å². The van der Waals surface area contributed by atoms with E-state index in [0.29, 0.717) is 10.9 Å². The smallest absolute Gasteiger partial charge is 0.328 e. The molecule has 0 aliphatic carbocycles. The van der Waals surface area contributed by atoms with E-state index >= 15 is 0 Å². The van der Waals surface area contributed by atoms with Crippen LogP contribution in [-0.4, -0.2) is 37.0 Å². The number of esters is 1. The van der Waals surface area contributed by atoms with Crippen molar-refractivity contribution in [3.05, 3.63) is 47.0 Å². The summed E-state index contributed by atoms with van der Waals surface area (Å²) in [6.07, 6.45) is 0.506. The number of halogens is 1. The molecule has 2 amide bonds. The summed E-state index contributed by atoms with van der Waals surface area (Å²) < 4.78 is 5.24. The predicted octanol–water partition coefficient (Wildman–Crippen LogP) is 1.69. The Hall–Kier alpha value is -2.15. The summed E-state index contributed by atoms with van der Waals surface area (Å²) in [5.41, 5.74) is 0.894. The van der Waals surface area contributed by atoms with Crippen LogP contribution < -0.4 is 10.6 Å². The van der Waals surface area contributed by atoms with E-state index in [1.807, 2.05) is 30.3 Å². The molecule has 0 aromatic heterocycles. The lowest BCUT2D eigenvalue weighted by Gasteiger charge is -2.22. The van der Waals surface area contributed by atoms with Gasteiger partial charge in [-0.15, -0.1) is 0 Å². The zero-order valence-electron chi connectivity index (χ0n) is 13.7. The number of carbonyl (C=O) groups is 3. The van der Waals surface area contributed by atoms with Crippen molar-refractivity contribution in [2.75, 3.05) is 7.11 Å². The molecule has 1 aromatic rings. The number of nitrogens with one attached hydrogen (secondary N) is 2. The molecule has 0 heterocycles. The lowest BCUT2D eigenvalue weighted by Crippen LogP contribution is -2.52. The van der Waals surface area contributed by atoms with Gasteiger partial charge in [0.05, 0.1) is 7.11 Å². The molecule has 0 fully saturated rings. The highest BCUT2D eigenvalue weighted by Crippen LogP contribution is 2.12. The second-order valence-electron chi connectivity index (χ2n) is 5.25. The molecule has 0 aliphatic heterocycles. The molecule has 2 atom stereocenters. The first kappa shape index (κ1) is 19.9. The van der Waals surface area contributed by atoms with Gasteiger partial charge in [0.1, 0.15) is 12.1 Å². The Balaban J connectivity index is 2.87. The van der Waals surface area contributed by atoms with Crippen LogP contribution in [0.5, 0.6) is 0 Å². The molecule has 24 heavy (non-hydrogen) atoms. The van der Waals surface area contributed by atoms with Gasteiger partial charge >= 0.3 is 5.97 Å². The van der Waals surface area contributed by atoms with Gasteiger partial charge in [-0.25, -0.2) is 4.79 Å². The van der Waals surface area contributed by atoms with Crippen LogP contribution in [0.3, 0.4) is 0 Å². The van der Waals surface area contributed by atoms with Crippen LogP contribution in [0.25, 0.3) is 0 Å². The fraction of sp³-hybridized carbons (Fsp3) is 0.353. The first-order chi connectivity index (χ1) is 11.3. The fourth-order valence-corrected chi connectivity index (χ4v) is 2.46. The largest absolute Gasteiger partial charge is 0.467 e. The SMILES string of the molecule is C=C(Br)C[C@@H](NC(=O)[C@H](Cc1ccccc1)NC(C)=O)C(=O)OC. The molecule has 6 nitrogen and oxygen atoms in total. The summed E-state index contributed by atoms with van der Waals surface area (Å²) in [7, 11) is 1.24. The topological polar surface area (TPSA) is 84.5 Å². The van der Waals surface area contributed by atoms with Gasteiger partial charge in [0.25, 0.3) is 0 Å². The predicted molar refractivity (Wildman–Crippen MR) is 94.4 cm³/mol. The van der Waals surface area contributed by atoms with E-state index in [2.05, 4.69) is 33.1 Å². The molecule has 0 unspecified atom stereocenters. The third-order valence-electron chi connectivity index (χ3n) is 3.20. The number of hydrogen-bond acceptors (Lipinski definition) is 4. The lowest BCUT2D eigenvalue weighted by molar-refractivity contribution is -0.145. The average Bonchev–Trinajstić information content (AvgIpc) is 2.53. The average molecular weight is 397 g/mol. The summed E-state index contributed by atoms with van der Waals surface area (Å²) in [5.74, 6) is -1.37. The molecule has 0 saturated carbocycles. The first-order valence-corrected chi connectivity index (χ1v) is 8.15. The summed E-state index contributed by atoms with van der Waals surface area (Å²) >= 11 is 3.17. The number of benzene rings is 1. The molecule has 0 aliphatic rings. The Bertz CT molecular complexity index is 604. The van der Waals surface area contributed by atoms with Gasteiger partial charge in [-0.05, 0) is 10.0 Å². The van der Waals surface area contributed by atoms with Gasteiger partial charge in [0, 0.05) is 19.8 Å². The van der Waals surface area contributed by atoms with Gasteiger partial charge in [-0.3, -0.25) is 9.59 Å². The zero-order valence-corrected chi connectivity index (χ0v) is 15.3. The maximum atomic E-state index is 12.5. The maximum Gasteiger partial charge on any atom is 0.328 e. The van der Waals surface area contributed by atoms with E-state index in [-0.39, 0.29) is 12.3 Å². The molecule has 2 N–H and O–H groups in total. The van der Waals surface area contributed by atoms with E-state index < -0.39 is 24.0 Å². The number of methoxy groups -OCH3 is 1. The summed E-state index contributed by atoms with van der Waals surface area (Å²) in [6, 6.07) is 7.63. The van der Waals surface area contributed by atoms with E-state index in [0.717, 1.165) is 5.56 Å². The van der Waals surface area contributed by atoms with Crippen LogP contribution >= 0.6 is 15.9 Å². The van der Waals surface area contributed by atoms with Crippen LogP contribution in [0.15, 0.2) is 41.4 Å². The minimum absolute atomic E-state index is 0.191. The van der Waals surface area contributed by atoms with Crippen molar-refractivity contribution in [1.82, 2.24) is 10.6 Å². The molecule has 1 aromatic carbocycles. The number of carbonyl (C=O) groups excluding carboxylic acids is 3.